The van der Waals surface area contributed by atoms with Crippen molar-refractivity contribution in [3.63, 3.8) is 0 Å². The van der Waals surface area contributed by atoms with Crippen LogP contribution in [0.1, 0.15) is 34.6 Å². The quantitative estimate of drug-likeness (QED) is 0.241. The fraction of sp³-hybridized carbons (Fsp3) is 0.0833. The van der Waals surface area contributed by atoms with Crippen LogP contribution in [0.2, 0.25) is 5.02 Å². The van der Waals surface area contributed by atoms with Crippen molar-refractivity contribution in [3.8, 4) is 0 Å². The van der Waals surface area contributed by atoms with Crippen LogP contribution in [-0.4, -0.2) is 37.6 Å². The summed E-state index contributed by atoms with van der Waals surface area (Å²) in [4.78, 5) is 47.6. The van der Waals surface area contributed by atoms with Gasteiger partial charge in [-0.1, -0.05) is 23.7 Å². The van der Waals surface area contributed by atoms with E-state index >= 15 is 0 Å². The number of aromatic nitrogens is 3. The normalized spacial score (nSPS) is 12.3. The predicted octanol–water partition coefficient (Wildman–Crippen LogP) is 2.80. The fourth-order valence-electron chi connectivity index (χ4n) is 3.26. The maximum Gasteiger partial charge on any atom is 0.276 e. The Morgan fingerprint density at radius 3 is 2.49 bits per heavy atom. The molecule has 35 heavy (non-hydrogen) atoms. The van der Waals surface area contributed by atoms with Gasteiger partial charge in [0.15, 0.2) is 5.69 Å². The van der Waals surface area contributed by atoms with E-state index in [0.717, 1.165) is 0 Å². The minimum absolute atomic E-state index is 0.183. The van der Waals surface area contributed by atoms with E-state index in [1.807, 2.05) is 0 Å². The predicted molar refractivity (Wildman–Crippen MR) is 131 cm³/mol. The summed E-state index contributed by atoms with van der Waals surface area (Å²) in [5.41, 5.74) is 3.33. The minimum Gasteiger partial charge on any atom is -0.382 e. The molecule has 0 aliphatic rings. The van der Waals surface area contributed by atoms with Crippen molar-refractivity contribution < 1.29 is 14.7 Å². The molecular weight excluding hydrogens is 472 g/mol. The molecule has 1 atom stereocenters. The van der Waals surface area contributed by atoms with E-state index in [1.165, 1.54) is 31.5 Å². The summed E-state index contributed by atoms with van der Waals surface area (Å²) in [5.74, 6) is -0.812. The highest BCUT2D eigenvalue weighted by atomic mass is 35.5. The van der Waals surface area contributed by atoms with Gasteiger partial charge in [0, 0.05) is 35.6 Å². The number of benzene rings is 2. The SMILES string of the molecule is CC(=O)Nc1ccc(C(O)C(=NNC(=O)c2ccncc2)c2nc3ccc(Cl)cc3[nH]c2=O)cc1. The number of hydrogen-bond acceptors (Lipinski definition) is 7. The van der Waals surface area contributed by atoms with E-state index in [9.17, 15) is 19.5 Å². The molecule has 0 fully saturated rings. The molecule has 4 N–H and O–H groups in total. The van der Waals surface area contributed by atoms with Crippen molar-refractivity contribution >= 4 is 45.8 Å². The van der Waals surface area contributed by atoms with Crippen molar-refractivity contribution in [2.45, 2.75) is 13.0 Å². The van der Waals surface area contributed by atoms with Crippen molar-refractivity contribution in [2.75, 3.05) is 5.32 Å². The molecule has 1 unspecified atom stereocenters. The number of nitrogens with zero attached hydrogens (tertiary/aromatic N) is 3. The molecule has 4 aromatic rings. The molecule has 0 aliphatic carbocycles. The number of aliphatic hydroxyl groups is 1. The Hall–Kier alpha value is -4.41. The highest BCUT2D eigenvalue weighted by Gasteiger charge is 2.23. The van der Waals surface area contributed by atoms with Gasteiger partial charge in [0.2, 0.25) is 5.91 Å². The second-order valence-corrected chi connectivity index (χ2v) is 7.89. The highest BCUT2D eigenvalue weighted by molar-refractivity contribution is 6.31. The van der Waals surface area contributed by atoms with E-state index in [0.29, 0.717) is 27.3 Å². The number of hydrogen-bond donors (Lipinski definition) is 4. The average Bonchev–Trinajstić information content (AvgIpc) is 2.84. The topological polar surface area (TPSA) is 149 Å². The number of rotatable bonds is 6. The van der Waals surface area contributed by atoms with E-state index in [4.69, 9.17) is 11.6 Å². The van der Waals surface area contributed by atoms with Crippen LogP contribution in [0.25, 0.3) is 11.0 Å². The van der Waals surface area contributed by atoms with Crippen LogP contribution in [-0.2, 0) is 4.79 Å². The summed E-state index contributed by atoms with van der Waals surface area (Å²) in [5, 5.41) is 18.3. The van der Waals surface area contributed by atoms with E-state index in [2.05, 4.69) is 30.8 Å². The first-order valence-corrected chi connectivity index (χ1v) is 10.7. The fourth-order valence-corrected chi connectivity index (χ4v) is 3.44. The lowest BCUT2D eigenvalue weighted by molar-refractivity contribution is -0.114. The standard InChI is InChI=1S/C24H19ClN6O4/c1-13(32)27-17-5-2-14(3-6-17)22(33)20(30-31-23(34)15-8-10-26-11-9-15)21-24(35)29-19-12-16(25)4-7-18(19)28-21/h2-12,22,33H,1H3,(H,27,32)(H,29,35)(H,31,34). The molecule has 0 bridgehead atoms. The third-order valence-corrected chi connectivity index (χ3v) is 5.16. The van der Waals surface area contributed by atoms with Crippen molar-refractivity contribution in [3.05, 3.63) is 99.2 Å². The van der Waals surface area contributed by atoms with Gasteiger partial charge in [-0.15, -0.1) is 0 Å². The summed E-state index contributed by atoms with van der Waals surface area (Å²) in [6, 6.07) is 14.1. The smallest absolute Gasteiger partial charge is 0.276 e. The largest absolute Gasteiger partial charge is 0.382 e. The van der Waals surface area contributed by atoms with Crippen LogP contribution < -0.4 is 16.3 Å². The molecule has 176 valence electrons. The number of carbonyl (C=O) groups excluding carboxylic acids is 2. The molecule has 0 aliphatic heterocycles. The van der Waals surface area contributed by atoms with Crippen molar-refractivity contribution in [1.82, 2.24) is 20.4 Å². The molecule has 0 spiro atoms. The van der Waals surface area contributed by atoms with Crippen LogP contribution in [0, 0.1) is 0 Å². The molecule has 2 aromatic heterocycles. The second-order valence-electron chi connectivity index (χ2n) is 7.46. The number of aromatic amines is 1. The first-order chi connectivity index (χ1) is 16.8. The number of anilines is 1. The van der Waals surface area contributed by atoms with Crippen LogP contribution in [0.15, 0.2) is 76.9 Å². The Kier molecular flexibility index (Phi) is 6.95. The van der Waals surface area contributed by atoms with Gasteiger partial charge in [0.1, 0.15) is 11.8 Å². The number of nitrogens with one attached hydrogen (secondary N) is 3. The van der Waals surface area contributed by atoms with Crippen LogP contribution in [0.4, 0.5) is 5.69 Å². The molecule has 4 rings (SSSR count). The van der Waals surface area contributed by atoms with Gasteiger partial charge in [-0.3, -0.25) is 19.4 Å². The number of halogens is 1. The molecule has 0 saturated heterocycles. The van der Waals surface area contributed by atoms with E-state index in [-0.39, 0.29) is 22.9 Å². The van der Waals surface area contributed by atoms with Gasteiger partial charge in [-0.05, 0) is 48.0 Å². The monoisotopic (exact) mass is 490 g/mol. The summed E-state index contributed by atoms with van der Waals surface area (Å²) in [6.07, 6.45) is 1.47. The van der Waals surface area contributed by atoms with Gasteiger partial charge in [-0.2, -0.15) is 5.10 Å². The maximum absolute atomic E-state index is 12.9. The average molecular weight is 491 g/mol. The third-order valence-electron chi connectivity index (χ3n) is 4.92. The zero-order chi connectivity index (χ0) is 24.9. The zero-order valence-electron chi connectivity index (χ0n) is 18.3. The van der Waals surface area contributed by atoms with E-state index < -0.39 is 17.6 Å². The van der Waals surface area contributed by atoms with Crippen LogP contribution in [0.3, 0.4) is 0 Å². The molecule has 2 amide bonds. The van der Waals surface area contributed by atoms with Crippen molar-refractivity contribution in [2.24, 2.45) is 5.10 Å². The van der Waals surface area contributed by atoms with E-state index in [1.54, 1.807) is 42.5 Å². The maximum atomic E-state index is 12.9. The molecule has 2 aromatic carbocycles. The Morgan fingerprint density at radius 1 is 1.09 bits per heavy atom. The lowest BCUT2D eigenvalue weighted by Crippen LogP contribution is -2.29. The first-order valence-electron chi connectivity index (χ1n) is 10.4. The number of hydrazone groups is 1. The summed E-state index contributed by atoms with van der Waals surface area (Å²) in [7, 11) is 0. The molecule has 11 heteroatoms. The van der Waals surface area contributed by atoms with Crippen LogP contribution >= 0.6 is 11.6 Å². The number of fused-ring (bicyclic) bond motifs is 1. The zero-order valence-corrected chi connectivity index (χ0v) is 19.1. The highest BCUT2D eigenvalue weighted by Crippen LogP contribution is 2.21. The molecular formula is C24H19ClN6O4. The number of H-pyrrole nitrogens is 1. The van der Waals surface area contributed by atoms with Gasteiger partial charge in [0.05, 0.1) is 11.0 Å². The summed E-state index contributed by atoms with van der Waals surface area (Å²) >= 11 is 6.00. The van der Waals surface area contributed by atoms with Gasteiger partial charge >= 0.3 is 0 Å². The Morgan fingerprint density at radius 2 is 1.80 bits per heavy atom. The lowest BCUT2D eigenvalue weighted by atomic mass is 10.0. The minimum atomic E-state index is -1.43. The Labute approximate surface area is 203 Å². The number of carbonyl (C=O) groups is 2. The summed E-state index contributed by atoms with van der Waals surface area (Å²) < 4.78 is 0. The molecule has 10 nitrogen and oxygen atoms in total. The van der Waals surface area contributed by atoms with Gasteiger partial charge in [0.25, 0.3) is 11.5 Å². The molecule has 0 saturated carbocycles. The van der Waals surface area contributed by atoms with Crippen molar-refractivity contribution in [1.29, 1.82) is 0 Å². The van der Waals surface area contributed by atoms with Crippen LogP contribution in [0.5, 0.6) is 0 Å². The number of aliphatic hydroxyl groups excluding tert-OH is 1. The van der Waals surface area contributed by atoms with Gasteiger partial charge < -0.3 is 15.4 Å². The lowest BCUT2D eigenvalue weighted by Gasteiger charge is -2.15. The summed E-state index contributed by atoms with van der Waals surface area (Å²) in [6.45, 7) is 1.38. The number of pyridine rings is 1. The Balaban J connectivity index is 1.76. The second kappa shape index (κ2) is 10.2. The third kappa shape index (κ3) is 5.57. The number of amides is 2. The Bertz CT molecular complexity index is 1490. The molecule has 0 radical (unpaired) electrons. The van der Waals surface area contributed by atoms with Gasteiger partial charge in [-0.25, -0.2) is 10.4 Å². The molecule has 2 heterocycles. The first kappa shape index (κ1) is 23.7.